The summed E-state index contributed by atoms with van der Waals surface area (Å²) in [5.41, 5.74) is 1.46. The smallest absolute Gasteiger partial charge is 0.240 e. The molecule has 0 spiro atoms. The summed E-state index contributed by atoms with van der Waals surface area (Å²) < 4.78 is 6.63. The van der Waals surface area contributed by atoms with Crippen LogP contribution in [0.1, 0.15) is 5.82 Å². The van der Waals surface area contributed by atoms with E-state index in [-0.39, 0.29) is 18.3 Å². The molecule has 1 aromatic carbocycles. The standard InChI is InChI=1S/C13H15Cl2N3O2/c1-20-6-5-16-12(19)8-18-11(7-14)17-10-4-2-3-9(15)13(10)18/h2-4H,5-8H2,1H3,(H,16,19). The number of hydrogen-bond donors (Lipinski definition) is 1. The van der Waals surface area contributed by atoms with Crippen molar-refractivity contribution < 1.29 is 9.53 Å². The number of para-hydroxylation sites is 1. The van der Waals surface area contributed by atoms with E-state index in [0.717, 1.165) is 11.0 Å². The monoisotopic (exact) mass is 315 g/mol. The van der Waals surface area contributed by atoms with E-state index in [0.29, 0.717) is 24.0 Å². The second-order valence-electron chi connectivity index (χ2n) is 4.20. The van der Waals surface area contributed by atoms with Gasteiger partial charge in [0.25, 0.3) is 0 Å². The molecule has 2 rings (SSSR count). The van der Waals surface area contributed by atoms with Crippen LogP contribution in [0.25, 0.3) is 11.0 Å². The van der Waals surface area contributed by atoms with Crippen LogP contribution in [0.5, 0.6) is 0 Å². The molecule has 108 valence electrons. The minimum atomic E-state index is -0.132. The number of alkyl halides is 1. The average Bonchev–Trinajstić information content (AvgIpc) is 2.78. The Labute approximate surface area is 126 Å². The van der Waals surface area contributed by atoms with Gasteiger partial charge in [0.2, 0.25) is 5.91 Å². The topological polar surface area (TPSA) is 56.1 Å². The van der Waals surface area contributed by atoms with Crippen LogP contribution >= 0.6 is 23.2 Å². The fourth-order valence-corrected chi connectivity index (χ4v) is 2.43. The number of amides is 1. The Morgan fingerprint density at radius 1 is 1.50 bits per heavy atom. The molecule has 0 aliphatic rings. The third-order valence-corrected chi connectivity index (χ3v) is 3.39. The van der Waals surface area contributed by atoms with Crippen molar-refractivity contribution in [2.75, 3.05) is 20.3 Å². The SMILES string of the molecule is COCCNC(=O)Cn1c(CCl)nc2cccc(Cl)c21. The zero-order valence-electron chi connectivity index (χ0n) is 11.0. The normalized spacial score (nSPS) is 10.9. The second-order valence-corrected chi connectivity index (χ2v) is 4.87. The Morgan fingerprint density at radius 3 is 3.00 bits per heavy atom. The van der Waals surface area contributed by atoms with E-state index in [1.54, 1.807) is 17.7 Å². The summed E-state index contributed by atoms with van der Waals surface area (Å²) in [7, 11) is 1.58. The van der Waals surface area contributed by atoms with Gasteiger partial charge < -0.3 is 14.6 Å². The molecule has 1 amide bonds. The van der Waals surface area contributed by atoms with Crippen LogP contribution in [-0.4, -0.2) is 35.7 Å². The summed E-state index contributed by atoms with van der Waals surface area (Å²) in [6.45, 7) is 1.07. The molecule has 0 saturated heterocycles. The number of hydrogen-bond acceptors (Lipinski definition) is 3. The van der Waals surface area contributed by atoms with Gasteiger partial charge in [0, 0.05) is 13.7 Å². The molecule has 2 aromatic rings. The van der Waals surface area contributed by atoms with Crippen molar-refractivity contribution in [1.29, 1.82) is 0 Å². The van der Waals surface area contributed by atoms with E-state index in [9.17, 15) is 4.79 Å². The molecular weight excluding hydrogens is 301 g/mol. The number of nitrogens with zero attached hydrogens (tertiary/aromatic N) is 2. The first-order valence-corrected chi connectivity index (χ1v) is 7.04. The van der Waals surface area contributed by atoms with Crippen LogP contribution < -0.4 is 5.32 Å². The summed E-state index contributed by atoms with van der Waals surface area (Å²) in [6, 6.07) is 5.43. The summed E-state index contributed by atoms with van der Waals surface area (Å²) in [5.74, 6) is 0.709. The summed E-state index contributed by atoms with van der Waals surface area (Å²) in [5, 5.41) is 3.31. The first-order chi connectivity index (χ1) is 9.67. The number of rotatable bonds is 6. The summed E-state index contributed by atoms with van der Waals surface area (Å²) in [6.07, 6.45) is 0. The van der Waals surface area contributed by atoms with Gasteiger partial charge in [-0.1, -0.05) is 17.7 Å². The Kier molecular flexibility index (Phi) is 5.23. The van der Waals surface area contributed by atoms with E-state index in [2.05, 4.69) is 10.3 Å². The van der Waals surface area contributed by atoms with Crippen molar-refractivity contribution in [2.24, 2.45) is 0 Å². The predicted molar refractivity (Wildman–Crippen MR) is 79.2 cm³/mol. The minimum Gasteiger partial charge on any atom is -0.383 e. The third-order valence-electron chi connectivity index (χ3n) is 2.85. The molecule has 0 unspecified atom stereocenters. The minimum absolute atomic E-state index is 0.131. The number of halogens is 2. The van der Waals surface area contributed by atoms with Gasteiger partial charge in [-0.05, 0) is 12.1 Å². The Hall–Kier alpha value is -1.30. The lowest BCUT2D eigenvalue weighted by atomic mass is 10.3. The fourth-order valence-electron chi connectivity index (χ4n) is 1.95. The average molecular weight is 316 g/mol. The maximum Gasteiger partial charge on any atom is 0.240 e. The van der Waals surface area contributed by atoms with E-state index in [4.69, 9.17) is 27.9 Å². The lowest BCUT2D eigenvalue weighted by molar-refractivity contribution is -0.121. The number of benzene rings is 1. The lowest BCUT2D eigenvalue weighted by Gasteiger charge is -2.09. The Balaban J connectivity index is 2.26. The lowest BCUT2D eigenvalue weighted by Crippen LogP contribution is -2.30. The van der Waals surface area contributed by atoms with Gasteiger partial charge in [-0.25, -0.2) is 4.98 Å². The predicted octanol–water partition coefficient (Wildman–Crippen LogP) is 2.19. The number of imidazole rings is 1. The summed E-state index contributed by atoms with van der Waals surface area (Å²) >= 11 is 12.1. The molecule has 1 aromatic heterocycles. The number of methoxy groups -OCH3 is 1. The van der Waals surface area contributed by atoms with Crippen molar-refractivity contribution in [1.82, 2.24) is 14.9 Å². The molecule has 0 atom stereocenters. The highest BCUT2D eigenvalue weighted by Crippen LogP contribution is 2.25. The highest BCUT2D eigenvalue weighted by molar-refractivity contribution is 6.35. The van der Waals surface area contributed by atoms with E-state index in [1.165, 1.54) is 0 Å². The van der Waals surface area contributed by atoms with Gasteiger partial charge in [0.1, 0.15) is 12.4 Å². The van der Waals surface area contributed by atoms with Crippen LogP contribution in [0, 0.1) is 0 Å². The van der Waals surface area contributed by atoms with Crippen molar-refractivity contribution in [2.45, 2.75) is 12.4 Å². The first kappa shape index (κ1) is 15.1. The quantitative estimate of drug-likeness (QED) is 0.656. The van der Waals surface area contributed by atoms with Gasteiger partial charge in [0.05, 0.1) is 28.5 Å². The van der Waals surface area contributed by atoms with Gasteiger partial charge in [-0.3, -0.25) is 4.79 Å². The third kappa shape index (κ3) is 3.23. The molecule has 5 nitrogen and oxygen atoms in total. The highest BCUT2D eigenvalue weighted by atomic mass is 35.5. The van der Waals surface area contributed by atoms with E-state index >= 15 is 0 Å². The summed E-state index contributed by atoms with van der Waals surface area (Å²) in [4.78, 5) is 16.3. The number of carbonyl (C=O) groups is 1. The molecule has 1 N–H and O–H groups in total. The van der Waals surface area contributed by atoms with Gasteiger partial charge >= 0.3 is 0 Å². The van der Waals surface area contributed by atoms with Crippen molar-refractivity contribution in [3.8, 4) is 0 Å². The fraction of sp³-hybridized carbons (Fsp3) is 0.385. The second kappa shape index (κ2) is 6.92. The Morgan fingerprint density at radius 2 is 2.30 bits per heavy atom. The van der Waals surface area contributed by atoms with Crippen LogP contribution in [0.15, 0.2) is 18.2 Å². The van der Waals surface area contributed by atoms with Crippen LogP contribution in [0.2, 0.25) is 5.02 Å². The zero-order valence-corrected chi connectivity index (χ0v) is 12.5. The number of nitrogens with one attached hydrogen (secondary N) is 1. The molecular formula is C13H15Cl2N3O2. The molecule has 0 fully saturated rings. The number of carbonyl (C=O) groups excluding carboxylic acids is 1. The van der Waals surface area contributed by atoms with Crippen LogP contribution in [0.4, 0.5) is 0 Å². The van der Waals surface area contributed by atoms with Gasteiger partial charge in [-0.2, -0.15) is 0 Å². The molecule has 0 saturated carbocycles. The highest BCUT2D eigenvalue weighted by Gasteiger charge is 2.15. The van der Waals surface area contributed by atoms with Crippen molar-refractivity contribution >= 4 is 40.1 Å². The van der Waals surface area contributed by atoms with Crippen molar-refractivity contribution in [3.05, 3.63) is 29.0 Å². The molecule has 0 aliphatic heterocycles. The maximum absolute atomic E-state index is 11.9. The molecule has 20 heavy (non-hydrogen) atoms. The molecule has 0 bridgehead atoms. The zero-order chi connectivity index (χ0) is 14.5. The van der Waals surface area contributed by atoms with Gasteiger partial charge in [-0.15, -0.1) is 11.6 Å². The number of fused-ring (bicyclic) bond motifs is 1. The van der Waals surface area contributed by atoms with Crippen LogP contribution in [0.3, 0.4) is 0 Å². The van der Waals surface area contributed by atoms with Crippen LogP contribution in [-0.2, 0) is 22.0 Å². The maximum atomic E-state index is 11.9. The van der Waals surface area contributed by atoms with E-state index in [1.807, 2.05) is 12.1 Å². The molecule has 0 aliphatic carbocycles. The van der Waals surface area contributed by atoms with E-state index < -0.39 is 0 Å². The molecule has 7 heteroatoms. The molecule has 1 heterocycles. The number of aromatic nitrogens is 2. The Bertz CT molecular complexity index is 613. The molecule has 0 radical (unpaired) electrons. The van der Waals surface area contributed by atoms with Gasteiger partial charge in [0.15, 0.2) is 0 Å². The van der Waals surface area contributed by atoms with Crippen molar-refractivity contribution in [3.63, 3.8) is 0 Å². The first-order valence-electron chi connectivity index (χ1n) is 6.12. The largest absolute Gasteiger partial charge is 0.383 e. The number of ether oxygens (including phenoxy) is 1.